The van der Waals surface area contributed by atoms with E-state index in [1.165, 1.54) is 90.6 Å². The van der Waals surface area contributed by atoms with Crippen molar-refractivity contribution in [2.75, 3.05) is 0 Å². The van der Waals surface area contributed by atoms with Crippen LogP contribution in [-0.4, -0.2) is 4.21 Å². The molecule has 0 aliphatic heterocycles. The zero-order valence-electron chi connectivity index (χ0n) is 34.9. The summed E-state index contributed by atoms with van der Waals surface area (Å²) in [5, 5.41) is 3.18. The Morgan fingerprint density at radius 3 is 1.75 bits per heavy atom. The Hall–Kier alpha value is -4.10. The van der Waals surface area contributed by atoms with E-state index in [-0.39, 0.29) is 35.6 Å². The van der Waals surface area contributed by atoms with Crippen molar-refractivity contribution in [1.29, 1.82) is 0 Å². The van der Waals surface area contributed by atoms with Gasteiger partial charge in [-0.05, 0) is 39.5 Å². The van der Waals surface area contributed by atoms with Crippen LogP contribution < -0.4 is 0 Å². The number of rotatable bonds is 2. The number of benzene rings is 7. The smallest absolute Gasteiger partial charge is 0.0801 e. The van der Waals surface area contributed by atoms with Crippen LogP contribution in [0.3, 0.4) is 0 Å². The standard InChI is InChI=1S/C33H33.C10H7.C6H4Cl.C5H5.CH2.2ClH.Zr/c1-32(2,3)30-20-26-24(18-28(30)22-13-9-7-10-14-22)17-25-19-29(23-15-11-8-12-16-23)31(21-27(25)26)33(4,5)6;1-2-6-10-8-4-3-7-9(10)5-1;7-6-4-2-1-3-5-6;1-2-4-5-3-1;;;;/h7-16,18,20-21H,17H2,1-6H3;1-7H;1-2,4-5H;1-3H,4H2;1H2;2*1H;/q4*-1;;;;. The predicted molar refractivity (Wildman–Crippen MR) is 258 cm³/mol. The zero-order chi connectivity index (χ0) is 40.8. The van der Waals surface area contributed by atoms with Gasteiger partial charge in [0, 0.05) is 0 Å². The van der Waals surface area contributed by atoms with Gasteiger partial charge in [0.2, 0.25) is 0 Å². The summed E-state index contributed by atoms with van der Waals surface area (Å²) in [6.45, 7) is 13.9. The Kier molecular flexibility index (Phi) is 19.7. The van der Waals surface area contributed by atoms with E-state index in [2.05, 4.69) is 173 Å². The van der Waals surface area contributed by atoms with E-state index < -0.39 is 0 Å². The second-order valence-electron chi connectivity index (χ2n) is 15.9. The molecule has 0 nitrogen and oxygen atoms in total. The largest absolute Gasteiger partial charge is 0.147 e. The molecule has 0 N–H and O–H groups in total. The van der Waals surface area contributed by atoms with E-state index in [9.17, 15) is 0 Å². The molecule has 0 unspecified atom stereocenters. The van der Waals surface area contributed by atoms with Gasteiger partial charge in [0.25, 0.3) is 0 Å². The van der Waals surface area contributed by atoms with Crippen LogP contribution in [0.5, 0.6) is 0 Å². The van der Waals surface area contributed by atoms with E-state index in [1.54, 1.807) is 6.07 Å². The van der Waals surface area contributed by atoms with Gasteiger partial charge in [-0.2, -0.15) is 48.0 Å². The number of fused-ring (bicyclic) bond motifs is 4. The van der Waals surface area contributed by atoms with E-state index >= 15 is 0 Å². The fourth-order valence-corrected chi connectivity index (χ4v) is 7.01. The number of halogens is 3. The molecule has 0 heterocycles. The Bertz CT molecular complexity index is 2220. The van der Waals surface area contributed by atoms with Crippen LogP contribution in [0.15, 0.2) is 164 Å². The van der Waals surface area contributed by atoms with Gasteiger partial charge in [0.15, 0.2) is 0 Å². The molecule has 2 aliphatic carbocycles. The first-order chi connectivity index (χ1) is 27.5. The Morgan fingerprint density at radius 1 is 0.627 bits per heavy atom. The minimum Gasteiger partial charge on any atom is -0.147 e. The monoisotopic (exact) mass is 908 g/mol. The van der Waals surface area contributed by atoms with Crippen LogP contribution in [0, 0.1) is 24.3 Å². The average molecular weight is 912 g/mol. The molecule has 0 atom stereocenters. The van der Waals surface area contributed by atoms with Gasteiger partial charge in [-0.1, -0.05) is 148 Å². The van der Waals surface area contributed by atoms with Crippen LogP contribution in [0.2, 0.25) is 5.02 Å². The molecular weight excluding hydrogens is 858 g/mol. The van der Waals surface area contributed by atoms with Gasteiger partial charge in [-0.25, -0.2) is 12.2 Å². The fraction of sp³-hybridized carbons (Fsp3) is 0.182. The van der Waals surface area contributed by atoms with Gasteiger partial charge >= 0.3 is 28.4 Å². The minimum absolute atomic E-state index is 0. The number of hydrogen-bond acceptors (Lipinski definition) is 0. The normalized spacial score (nSPS) is 11.6. The van der Waals surface area contributed by atoms with Crippen molar-refractivity contribution < 1.29 is 24.2 Å². The summed E-state index contributed by atoms with van der Waals surface area (Å²) < 4.78 is 3.34. The molecule has 0 spiro atoms. The Balaban J connectivity index is 0.000000289. The average Bonchev–Trinajstić information content (AvgIpc) is 3.94. The first kappa shape index (κ1) is 49.3. The molecule has 0 bridgehead atoms. The van der Waals surface area contributed by atoms with Gasteiger partial charge in [-0.3, -0.25) is 6.08 Å². The summed E-state index contributed by atoms with van der Waals surface area (Å²) in [6.07, 6.45) is 10.9. The van der Waals surface area contributed by atoms with Gasteiger partial charge in [0.05, 0.1) is 0 Å². The van der Waals surface area contributed by atoms with Crippen molar-refractivity contribution in [3.8, 4) is 33.4 Å². The topological polar surface area (TPSA) is 0 Å². The third-order valence-corrected chi connectivity index (χ3v) is 9.88. The SMILES string of the molecule is CC(C)(C)c1cc2c([c-]c1-c1ccccc1)Cc1cc(-c3ccccc3)c(C(C)(C)C)cc1-2.Cl.Cl.Clc1c[c-]ccc1.[C-]1=CC=CC1.[CH2]=[Zr].[c-]1cccc2ccccc12. The Morgan fingerprint density at radius 2 is 1.22 bits per heavy atom. The summed E-state index contributed by atoms with van der Waals surface area (Å²) >= 11 is 6.81. The van der Waals surface area contributed by atoms with Crippen LogP contribution in [0.1, 0.15) is 70.2 Å². The molecule has 7 aromatic rings. The first-order valence-corrected chi connectivity index (χ1v) is 21.5. The van der Waals surface area contributed by atoms with Crippen molar-refractivity contribution in [1.82, 2.24) is 0 Å². The molecule has 9 rings (SSSR count). The van der Waals surface area contributed by atoms with Crippen molar-refractivity contribution >= 4 is 51.4 Å². The molecule has 0 saturated carbocycles. The van der Waals surface area contributed by atoms with Gasteiger partial charge < -0.3 is 0 Å². The van der Waals surface area contributed by atoms with Crippen molar-refractivity contribution in [3.05, 3.63) is 215 Å². The molecule has 59 heavy (non-hydrogen) atoms. The molecule has 7 aromatic carbocycles. The molecule has 0 radical (unpaired) electrons. The second-order valence-corrected chi connectivity index (χ2v) is 16.3. The molecule has 0 aromatic heterocycles. The van der Waals surface area contributed by atoms with Crippen LogP contribution in [0.4, 0.5) is 0 Å². The number of allylic oxidation sites excluding steroid dienone is 4. The maximum atomic E-state index is 5.51. The second kappa shape index (κ2) is 23.6. The van der Waals surface area contributed by atoms with E-state index in [0.29, 0.717) is 0 Å². The maximum Gasteiger partial charge on any atom is -0.0801 e. The molecule has 0 saturated heterocycles. The molecular formula is C55H53Cl3Zr-4. The zero-order valence-corrected chi connectivity index (χ0v) is 39.8. The molecule has 0 fully saturated rings. The quantitative estimate of drug-likeness (QED) is 0.152. The van der Waals surface area contributed by atoms with Crippen molar-refractivity contribution in [2.24, 2.45) is 0 Å². The molecule has 0 amide bonds. The van der Waals surface area contributed by atoms with Crippen molar-refractivity contribution in [2.45, 2.75) is 65.2 Å². The summed E-state index contributed by atoms with van der Waals surface area (Å²) in [5.74, 6) is 0. The fourth-order valence-electron chi connectivity index (χ4n) is 6.88. The summed E-state index contributed by atoms with van der Waals surface area (Å²) in [5.41, 5.74) is 13.5. The predicted octanol–water partition coefficient (Wildman–Crippen LogP) is 15.9. The third-order valence-electron chi connectivity index (χ3n) is 9.65. The van der Waals surface area contributed by atoms with Gasteiger partial charge in [0.1, 0.15) is 0 Å². The maximum absolute atomic E-state index is 5.51. The molecule has 2 aliphatic rings. The van der Waals surface area contributed by atoms with E-state index in [4.69, 9.17) is 11.6 Å². The molecule has 4 heteroatoms. The van der Waals surface area contributed by atoms with Crippen LogP contribution >= 0.6 is 36.4 Å². The van der Waals surface area contributed by atoms with E-state index in [0.717, 1.165) is 17.9 Å². The Labute approximate surface area is 386 Å². The van der Waals surface area contributed by atoms with Crippen LogP contribution in [-0.2, 0) is 41.5 Å². The summed E-state index contributed by atoms with van der Waals surface area (Å²) in [4.78, 5) is 0. The van der Waals surface area contributed by atoms with Crippen LogP contribution in [0.25, 0.3) is 44.2 Å². The summed E-state index contributed by atoms with van der Waals surface area (Å²) in [7, 11) is 0. The van der Waals surface area contributed by atoms with Crippen molar-refractivity contribution in [3.63, 3.8) is 0 Å². The third kappa shape index (κ3) is 13.7. The van der Waals surface area contributed by atoms with E-state index in [1.807, 2.05) is 54.6 Å². The summed E-state index contributed by atoms with van der Waals surface area (Å²) in [6, 6.07) is 60.3. The first-order valence-electron chi connectivity index (χ1n) is 19.4. The minimum atomic E-state index is 0. The molecule has 302 valence electrons. The van der Waals surface area contributed by atoms with Gasteiger partial charge in [-0.15, -0.1) is 107 Å². The number of hydrogen-bond donors (Lipinski definition) is 0.